The van der Waals surface area contributed by atoms with Crippen molar-refractivity contribution in [1.82, 2.24) is 10.0 Å². The first kappa shape index (κ1) is 24.2. The molecule has 0 aliphatic carbocycles. The minimum atomic E-state index is -4.85. The van der Waals surface area contributed by atoms with Crippen molar-refractivity contribution in [1.29, 1.82) is 0 Å². The third kappa shape index (κ3) is 10.5. The van der Waals surface area contributed by atoms with Crippen LogP contribution in [0.15, 0.2) is 29.2 Å². The van der Waals surface area contributed by atoms with Crippen LogP contribution >= 0.6 is 0 Å². The maximum Gasteiger partial charge on any atom is 0.573 e. The molecule has 1 aromatic rings. The van der Waals surface area contributed by atoms with E-state index >= 15 is 0 Å². The Balaban J connectivity index is 2.30. The lowest BCUT2D eigenvalue weighted by Crippen LogP contribution is -2.31. The normalized spacial score (nSPS) is 12.0. The second-order valence-electron chi connectivity index (χ2n) is 5.84. The van der Waals surface area contributed by atoms with Crippen molar-refractivity contribution in [3.05, 3.63) is 24.3 Å². The highest BCUT2D eigenvalue weighted by molar-refractivity contribution is 7.89. The molecule has 0 saturated carbocycles. The predicted octanol–water partition coefficient (Wildman–Crippen LogP) is 2.58. The molecule has 28 heavy (non-hydrogen) atoms. The SMILES string of the molecule is CCCCOCCCNC(=O)CCNS(=O)(=O)c1ccc(OC(F)(F)F)cc1. The molecule has 0 unspecified atom stereocenters. The van der Waals surface area contributed by atoms with E-state index in [2.05, 4.69) is 21.7 Å². The third-order valence-electron chi connectivity index (χ3n) is 3.44. The molecule has 0 heterocycles. The van der Waals surface area contributed by atoms with Crippen LogP contribution in [0.25, 0.3) is 0 Å². The van der Waals surface area contributed by atoms with Crippen molar-refractivity contribution in [3.63, 3.8) is 0 Å². The van der Waals surface area contributed by atoms with Crippen molar-refractivity contribution in [2.75, 3.05) is 26.3 Å². The summed E-state index contributed by atoms with van der Waals surface area (Å²) in [5.74, 6) is -0.838. The zero-order valence-electron chi connectivity index (χ0n) is 15.5. The largest absolute Gasteiger partial charge is 0.573 e. The molecule has 2 N–H and O–H groups in total. The summed E-state index contributed by atoms with van der Waals surface area (Å²) < 4.78 is 71.7. The minimum Gasteiger partial charge on any atom is -0.406 e. The standard InChI is InChI=1S/C17H25F3N2O5S/c1-2-3-12-26-13-4-10-21-16(23)9-11-22-28(24,25)15-7-5-14(6-8-15)27-17(18,19)20/h5-8,22H,2-4,9-13H2,1H3,(H,21,23). The molecule has 1 amide bonds. The molecule has 0 bridgehead atoms. The molecule has 0 fully saturated rings. The van der Waals surface area contributed by atoms with Crippen LogP contribution in [0.3, 0.4) is 0 Å². The van der Waals surface area contributed by atoms with Crippen LogP contribution in [-0.4, -0.2) is 47.0 Å². The summed E-state index contributed by atoms with van der Waals surface area (Å²) in [5.41, 5.74) is 0. The van der Waals surface area contributed by atoms with E-state index in [9.17, 15) is 26.4 Å². The molecule has 0 saturated heterocycles. The van der Waals surface area contributed by atoms with E-state index in [0.717, 1.165) is 37.1 Å². The van der Waals surface area contributed by atoms with Crippen LogP contribution < -0.4 is 14.8 Å². The summed E-state index contributed by atoms with van der Waals surface area (Å²) in [6, 6.07) is 3.78. The number of halogens is 3. The number of sulfonamides is 1. The average Bonchev–Trinajstić information content (AvgIpc) is 2.60. The minimum absolute atomic E-state index is 0.0643. The Hall–Kier alpha value is -1.85. The number of hydrogen-bond donors (Lipinski definition) is 2. The number of nitrogens with one attached hydrogen (secondary N) is 2. The zero-order valence-corrected chi connectivity index (χ0v) is 16.4. The number of rotatable bonds is 13. The third-order valence-corrected chi connectivity index (χ3v) is 4.92. The molecule has 0 atom stereocenters. The fourth-order valence-corrected chi connectivity index (χ4v) is 3.07. The lowest BCUT2D eigenvalue weighted by Gasteiger charge is -2.10. The summed E-state index contributed by atoms with van der Waals surface area (Å²) >= 11 is 0. The van der Waals surface area contributed by atoms with Crippen molar-refractivity contribution < 1.29 is 35.9 Å². The van der Waals surface area contributed by atoms with E-state index in [1.54, 1.807) is 0 Å². The molecule has 160 valence electrons. The fraction of sp³-hybridized carbons (Fsp3) is 0.588. The molecule has 0 aromatic heterocycles. The van der Waals surface area contributed by atoms with E-state index in [1.165, 1.54) is 0 Å². The van der Waals surface area contributed by atoms with Gasteiger partial charge in [-0.2, -0.15) is 0 Å². The van der Waals surface area contributed by atoms with Gasteiger partial charge in [0.15, 0.2) is 0 Å². The van der Waals surface area contributed by atoms with Gasteiger partial charge in [0.25, 0.3) is 0 Å². The van der Waals surface area contributed by atoms with Gasteiger partial charge in [0, 0.05) is 32.7 Å². The zero-order chi connectivity index (χ0) is 21.0. The van der Waals surface area contributed by atoms with E-state index in [-0.39, 0.29) is 23.8 Å². The van der Waals surface area contributed by atoms with E-state index in [1.807, 2.05) is 0 Å². The van der Waals surface area contributed by atoms with Gasteiger partial charge in [0.1, 0.15) is 5.75 Å². The van der Waals surface area contributed by atoms with Crippen LogP contribution in [0.1, 0.15) is 32.6 Å². The Bertz CT molecular complexity index is 694. The summed E-state index contributed by atoms with van der Waals surface area (Å²) in [4.78, 5) is 11.4. The molecule has 0 spiro atoms. The highest BCUT2D eigenvalue weighted by Gasteiger charge is 2.31. The van der Waals surface area contributed by atoms with Gasteiger partial charge in [-0.25, -0.2) is 13.1 Å². The molecule has 7 nitrogen and oxygen atoms in total. The Morgan fingerprint density at radius 2 is 1.71 bits per heavy atom. The van der Waals surface area contributed by atoms with Crippen LogP contribution in [0.4, 0.5) is 13.2 Å². The molecule has 1 aromatic carbocycles. The maximum atomic E-state index is 12.1. The number of carbonyl (C=O) groups is 1. The fourth-order valence-electron chi connectivity index (χ4n) is 2.04. The second-order valence-corrected chi connectivity index (χ2v) is 7.60. The number of unbranched alkanes of at least 4 members (excludes halogenated alkanes) is 1. The van der Waals surface area contributed by atoms with Gasteiger partial charge >= 0.3 is 6.36 Å². The number of alkyl halides is 3. The lowest BCUT2D eigenvalue weighted by molar-refractivity contribution is -0.274. The number of ether oxygens (including phenoxy) is 2. The molecule has 0 aliphatic rings. The lowest BCUT2D eigenvalue weighted by atomic mass is 10.3. The molecule has 11 heteroatoms. The van der Waals surface area contributed by atoms with Gasteiger partial charge in [-0.05, 0) is 37.1 Å². The number of benzene rings is 1. The Labute approximate surface area is 162 Å². The van der Waals surface area contributed by atoms with E-state index in [4.69, 9.17) is 4.74 Å². The number of hydrogen-bond acceptors (Lipinski definition) is 5. The molecular formula is C17H25F3N2O5S. The van der Waals surface area contributed by atoms with Crippen molar-refractivity contribution in [3.8, 4) is 5.75 Å². The second kappa shape index (κ2) is 11.9. The molecule has 1 rings (SSSR count). The van der Waals surface area contributed by atoms with Crippen LogP contribution in [0, 0.1) is 0 Å². The van der Waals surface area contributed by atoms with Crippen molar-refractivity contribution in [2.24, 2.45) is 0 Å². The summed E-state index contributed by atoms with van der Waals surface area (Å²) in [6.07, 6.45) is -2.21. The van der Waals surface area contributed by atoms with Gasteiger partial charge in [-0.3, -0.25) is 4.79 Å². The number of carbonyl (C=O) groups excluding carboxylic acids is 1. The predicted molar refractivity (Wildman–Crippen MR) is 96.3 cm³/mol. The average molecular weight is 426 g/mol. The van der Waals surface area contributed by atoms with Gasteiger partial charge < -0.3 is 14.8 Å². The summed E-state index contributed by atoms with van der Waals surface area (Å²) in [5, 5.41) is 2.65. The first-order valence-corrected chi connectivity index (χ1v) is 10.3. The van der Waals surface area contributed by atoms with Crippen molar-refractivity contribution >= 4 is 15.9 Å². The maximum absolute atomic E-state index is 12.1. The highest BCUT2D eigenvalue weighted by Crippen LogP contribution is 2.23. The Morgan fingerprint density at radius 1 is 1.07 bits per heavy atom. The monoisotopic (exact) mass is 426 g/mol. The molecule has 0 aliphatic heterocycles. The van der Waals surface area contributed by atoms with Crippen LogP contribution in [0.2, 0.25) is 0 Å². The van der Waals surface area contributed by atoms with Crippen molar-refractivity contribution in [2.45, 2.75) is 43.9 Å². The molecule has 0 radical (unpaired) electrons. The highest BCUT2D eigenvalue weighted by atomic mass is 32.2. The van der Waals surface area contributed by atoms with Gasteiger partial charge in [-0.1, -0.05) is 13.3 Å². The topological polar surface area (TPSA) is 93.7 Å². The van der Waals surface area contributed by atoms with Gasteiger partial charge in [-0.15, -0.1) is 13.2 Å². The first-order valence-electron chi connectivity index (χ1n) is 8.84. The van der Waals surface area contributed by atoms with Crippen LogP contribution in [0.5, 0.6) is 5.75 Å². The Kier molecular flexibility index (Phi) is 10.3. The summed E-state index contributed by atoms with van der Waals surface area (Å²) in [6.45, 7) is 3.59. The van der Waals surface area contributed by atoms with E-state index < -0.39 is 22.1 Å². The van der Waals surface area contributed by atoms with E-state index in [0.29, 0.717) is 26.2 Å². The quantitative estimate of drug-likeness (QED) is 0.473. The van der Waals surface area contributed by atoms with Gasteiger partial charge in [0.05, 0.1) is 4.90 Å². The molecular weight excluding hydrogens is 401 g/mol. The number of amides is 1. The smallest absolute Gasteiger partial charge is 0.406 e. The van der Waals surface area contributed by atoms with Crippen LogP contribution in [-0.2, 0) is 19.6 Å². The first-order chi connectivity index (χ1) is 13.1. The Morgan fingerprint density at radius 3 is 2.32 bits per heavy atom. The summed E-state index contributed by atoms with van der Waals surface area (Å²) in [7, 11) is -3.94. The van der Waals surface area contributed by atoms with Gasteiger partial charge in [0.2, 0.25) is 15.9 Å².